The molecule has 2 saturated heterocycles. The van der Waals surface area contributed by atoms with E-state index in [-0.39, 0.29) is 19.0 Å². The number of fused-ring (bicyclic) bond motifs is 1. The van der Waals surface area contributed by atoms with Crippen molar-refractivity contribution in [3.63, 3.8) is 0 Å². The number of carbonyl (C=O) groups is 2. The van der Waals surface area contributed by atoms with Gasteiger partial charge in [-0.15, -0.1) is 0 Å². The lowest BCUT2D eigenvalue weighted by molar-refractivity contribution is 0.0915. The molecule has 2 fully saturated rings. The number of para-hydroxylation sites is 1. The van der Waals surface area contributed by atoms with Gasteiger partial charge in [-0.2, -0.15) is 0 Å². The molecule has 0 spiro atoms. The monoisotopic (exact) mass is 464 g/mol. The Kier molecular flexibility index (Phi) is 6.02. The summed E-state index contributed by atoms with van der Waals surface area (Å²) in [5.41, 5.74) is 2.83. The van der Waals surface area contributed by atoms with Gasteiger partial charge in [0, 0.05) is 18.5 Å². The SMILES string of the molecule is Cc1nc2ccccc2cc1C(=O)NC[C@H]1CN(c2ccc(N3CCOCC3)c(F)c2)C(=O)O1. The van der Waals surface area contributed by atoms with Gasteiger partial charge in [0.05, 0.1) is 54.5 Å². The molecule has 9 heteroatoms. The smallest absolute Gasteiger partial charge is 0.414 e. The first kappa shape index (κ1) is 22.1. The zero-order valence-corrected chi connectivity index (χ0v) is 18.8. The number of cyclic esters (lactones) is 1. The van der Waals surface area contributed by atoms with Gasteiger partial charge < -0.3 is 19.7 Å². The van der Waals surface area contributed by atoms with E-state index in [1.165, 1.54) is 11.0 Å². The minimum Gasteiger partial charge on any atom is -0.442 e. The van der Waals surface area contributed by atoms with Crippen molar-refractivity contribution in [1.29, 1.82) is 0 Å². The summed E-state index contributed by atoms with van der Waals surface area (Å²) in [5.74, 6) is -0.686. The van der Waals surface area contributed by atoms with Crippen LogP contribution in [0.4, 0.5) is 20.6 Å². The number of ether oxygens (including phenoxy) is 2. The number of benzene rings is 2. The van der Waals surface area contributed by atoms with Gasteiger partial charge in [0.1, 0.15) is 11.9 Å². The van der Waals surface area contributed by atoms with E-state index in [1.807, 2.05) is 29.2 Å². The molecule has 8 nitrogen and oxygen atoms in total. The summed E-state index contributed by atoms with van der Waals surface area (Å²) in [4.78, 5) is 33.0. The van der Waals surface area contributed by atoms with E-state index < -0.39 is 18.0 Å². The van der Waals surface area contributed by atoms with Crippen LogP contribution in [0.5, 0.6) is 0 Å². The van der Waals surface area contributed by atoms with Crippen LogP contribution >= 0.6 is 0 Å². The van der Waals surface area contributed by atoms with Gasteiger partial charge in [0.25, 0.3) is 5.91 Å². The largest absolute Gasteiger partial charge is 0.442 e. The lowest BCUT2D eigenvalue weighted by atomic mass is 10.1. The zero-order valence-electron chi connectivity index (χ0n) is 18.8. The summed E-state index contributed by atoms with van der Waals surface area (Å²) in [6.45, 7) is 4.50. The first-order chi connectivity index (χ1) is 16.5. The Balaban J connectivity index is 1.23. The van der Waals surface area contributed by atoms with Gasteiger partial charge in [0.15, 0.2) is 0 Å². The quantitative estimate of drug-likeness (QED) is 0.624. The van der Waals surface area contributed by atoms with Crippen molar-refractivity contribution in [2.45, 2.75) is 13.0 Å². The molecule has 3 aromatic rings. The number of amides is 2. The van der Waals surface area contributed by atoms with Crippen LogP contribution < -0.4 is 15.1 Å². The molecule has 0 radical (unpaired) electrons. The lowest BCUT2D eigenvalue weighted by Gasteiger charge is -2.29. The van der Waals surface area contributed by atoms with E-state index in [0.717, 1.165) is 10.9 Å². The van der Waals surface area contributed by atoms with E-state index in [4.69, 9.17) is 9.47 Å². The summed E-state index contributed by atoms with van der Waals surface area (Å²) in [5, 5.41) is 3.70. The van der Waals surface area contributed by atoms with Crippen LogP contribution in [0.1, 0.15) is 16.1 Å². The van der Waals surface area contributed by atoms with Crippen molar-refractivity contribution in [1.82, 2.24) is 10.3 Å². The molecule has 2 aromatic carbocycles. The van der Waals surface area contributed by atoms with Crippen LogP contribution in [-0.4, -0.2) is 62.5 Å². The number of rotatable bonds is 5. The Bertz CT molecular complexity index is 1240. The second-order valence-corrected chi connectivity index (χ2v) is 8.38. The predicted molar refractivity (Wildman–Crippen MR) is 126 cm³/mol. The minimum absolute atomic E-state index is 0.141. The van der Waals surface area contributed by atoms with Gasteiger partial charge in [-0.1, -0.05) is 18.2 Å². The van der Waals surface area contributed by atoms with Gasteiger partial charge >= 0.3 is 6.09 Å². The molecule has 176 valence electrons. The first-order valence-corrected chi connectivity index (χ1v) is 11.2. The van der Waals surface area contributed by atoms with E-state index in [1.54, 1.807) is 25.1 Å². The standard InChI is InChI=1S/C25H25FN4O4/c1-16-20(12-17-4-2-3-5-22(17)28-16)24(31)27-14-19-15-30(25(32)34-19)18-6-7-23(21(26)13-18)29-8-10-33-11-9-29/h2-7,12-13,19H,8-11,14-15H2,1H3,(H,27,31)/t19-/m0/s1. The Labute approximate surface area is 196 Å². The molecule has 0 bridgehead atoms. The van der Waals surface area contributed by atoms with Crippen molar-refractivity contribution in [3.05, 3.63) is 65.6 Å². The lowest BCUT2D eigenvalue weighted by Crippen LogP contribution is -2.37. The zero-order chi connectivity index (χ0) is 23.7. The second-order valence-electron chi connectivity index (χ2n) is 8.38. The molecule has 5 rings (SSSR count). The molecule has 0 unspecified atom stereocenters. The number of hydrogen-bond donors (Lipinski definition) is 1. The molecule has 2 aliphatic rings. The third-order valence-corrected chi connectivity index (χ3v) is 6.12. The summed E-state index contributed by atoms with van der Waals surface area (Å²) in [7, 11) is 0. The number of nitrogens with one attached hydrogen (secondary N) is 1. The number of anilines is 2. The highest BCUT2D eigenvalue weighted by atomic mass is 19.1. The average Bonchev–Trinajstić information content (AvgIpc) is 3.23. The van der Waals surface area contributed by atoms with Gasteiger partial charge in [-0.05, 0) is 37.3 Å². The molecule has 3 heterocycles. The normalized spacial score (nSPS) is 18.3. The highest BCUT2D eigenvalue weighted by molar-refractivity contribution is 5.98. The first-order valence-electron chi connectivity index (χ1n) is 11.2. The summed E-state index contributed by atoms with van der Waals surface area (Å²) in [6, 6.07) is 14.1. The van der Waals surface area contributed by atoms with Gasteiger partial charge in [0.2, 0.25) is 0 Å². The van der Waals surface area contributed by atoms with Crippen LogP contribution in [0.15, 0.2) is 48.5 Å². The van der Waals surface area contributed by atoms with Crippen molar-refractivity contribution in [3.8, 4) is 0 Å². The number of carbonyl (C=O) groups excluding carboxylic acids is 2. The predicted octanol–water partition coefficient (Wildman–Crippen LogP) is 3.27. The van der Waals surface area contributed by atoms with Crippen LogP contribution in [0.25, 0.3) is 10.9 Å². The van der Waals surface area contributed by atoms with Crippen molar-refractivity contribution < 1.29 is 23.5 Å². The highest BCUT2D eigenvalue weighted by Gasteiger charge is 2.33. The third kappa shape index (κ3) is 4.38. The van der Waals surface area contributed by atoms with Crippen LogP contribution in [-0.2, 0) is 9.47 Å². The maximum Gasteiger partial charge on any atom is 0.414 e. The number of aromatic nitrogens is 1. The van der Waals surface area contributed by atoms with Gasteiger partial charge in [-0.25, -0.2) is 9.18 Å². The van der Waals surface area contributed by atoms with E-state index in [0.29, 0.717) is 48.9 Å². The van der Waals surface area contributed by atoms with E-state index >= 15 is 0 Å². The molecular weight excluding hydrogens is 439 g/mol. The van der Waals surface area contributed by atoms with Crippen molar-refractivity contribution in [2.75, 3.05) is 49.2 Å². The van der Waals surface area contributed by atoms with Gasteiger partial charge in [-0.3, -0.25) is 14.7 Å². The number of halogens is 1. The number of pyridine rings is 1. The average molecular weight is 464 g/mol. The Morgan fingerprint density at radius 2 is 1.97 bits per heavy atom. The molecule has 0 aliphatic carbocycles. The number of aryl methyl sites for hydroxylation is 1. The fourth-order valence-corrected chi connectivity index (χ4v) is 4.31. The summed E-state index contributed by atoms with van der Waals surface area (Å²) < 4.78 is 25.5. The van der Waals surface area contributed by atoms with E-state index in [9.17, 15) is 14.0 Å². The Morgan fingerprint density at radius 3 is 2.76 bits per heavy atom. The second kappa shape index (κ2) is 9.26. The topological polar surface area (TPSA) is 84.0 Å². The molecular formula is C25H25FN4O4. The maximum absolute atomic E-state index is 14.8. The highest BCUT2D eigenvalue weighted by Crippen LogP contribution is 2.28. The molecule has 1 N–H and O–H groups in total. The van der Waals surface area contributed by atoms with Crippen LogP contribution in [0.3, 0.4) is 0 Å². The molecule has 34 heavy (non-hydrogen) atoms. The Morgan fingerprint density at radius 1 is 1.18 bits per heavy atom. The van der Waals surface area contributed by atoms with E-state index in [2.05, 4.69) is 10.3 Å². The third-order valence-electron chi connectivity index (χ3n) is 6.12. The number of morpholine rings is 1. The van der Waals surface area contributed by atoms with Crippen LogP contribution in [0.2, 0.25) is 0 Å². The molecule has 1 aromatic heterocycles. The summed E-state index contributed by atoms with van der Waals surface area (Å²) in [6.07, 6.45) is -1.12. The Hall–Kier alpha value is -3.72. The maximum atomic E-state index is 14.8. The minimum atomic E-state index is -0.568. The van der Waals surface area contributed by atoms with Crippen molar-refractivity contribution >= 4 is 34.3 Å². The molecule has 1 atom stereocenters. The molecule has 0 saturated carbocycles. The number of nitrogens with zero attached hydrogens (tertiary/aromatic N) is 3. The molecule has 2 amide bonds. The fourth-order valence-electron chi connectivity index (χ4n) is 4.31. The van der Waals surface area contributed by atoms with Crippen molar-refractivity contribution in [2.24, 2.45) is 0 Å². The molecule has 2 aliphatic heterocycles. The summed E-state index contributed by atoms with van der Waals surface area (Å²) >= 11 is 0. The van der Waals surface area contributed by atoms with Crippen LogP contribution in [0, 0.1) is 12.7 Å². The number of hydrogen-bond acceptors (Lipinski definition) is 6. The fraction of sp³-hybridized carbons (Fsp3) is 0.320.